The molecule has 0 saturated carbocycles. The van der Waals surface area contributed by atoms with Gasteiger partial charge in [0.2, 0.25) is 0 Å². The summed E-state index contributed by atoms with van der Waals surface area (Å²) in [4.78, 5) is 25.3. The first kappa shape index (κ1) is 21.3. The molecule has 31 heavy (non-hydrogen) atoms. The molecule has 2 fully saturated rings. The number of para-hydroxylation sites is 1. The molecule has 0 bridgehead atoms. The van der Waals surface area contributed by atoms with Crippen LogP contribution in [0, 0.1) is 0 Å². The first-order valence-electron chi connectivity index (χ1n) is 10.8. The predicted molar refractivity (Wildman–Crippen MR) is 117 cm³/mol. The average molecular weight is 424 g/mol. The van der Waals surface area contributed by atoms with Crippen LogP contribution in [0.15, 0.2) is 48.5 Å². The molecule has 2 unspecified atom stereocenters. The Bertz CT molecular complexity index is 887. The quantitative estimate of drug-likeness (QED) is 0.678. The minimum atomic E-state index is -0.287. The van der Waals surface area contributed by atoms with E-state index in [2.05, 4.69) is 10.6 Å². The lowest BCUT2D eigenvalue weighted by Crippen LogP contribution is -2.32. The molecule has 2 atom stereocenters. The van der Waals surface area contributed by atoms with E-state index in [0.717, 1.165) is 38.9 Å². The molecule has 2 amide bonds. The summed E-state index contributed by atoms with van der Waals surface area (Å²) in [6, 6.07) is 13.9. The van der Waals surface area contributed by atoms with Crippen LogP contribution in [0.3, 0.4) is 0 Å². The monoisotopic (exact) mass is 424 g/mol. The lowest BCUT2D eigenvalue weighted by molar-refractivity contribution is 0.0679. The SMILES string of the molecule is O=C(Nc1ccccc1C(=O)NCC1CCCO1)c1ccc(OCC2CCCO2)cc1. The van der Waals surface area contributed by atoms with Crippen LogP contribution in [0.2, 0.25) is 0 Å². The Kier molecular flexibility index (Phi) is 7.17. The fourth-order valence-electron chi connectivity index (χ4n) is 3.76. The summed E-state index contributed by atoms with van der Waals surface area (Å²) in [5, 5.41) is 5.74. The number of hydrogen-bond donors (Lipinski definition) is 2. The minimum absolute atomic E-state index is 0.0617. The predicted octanol–water partition coefficient (Wildman–Crippen LogP) is 3.41. The standard InChI is InChI=1S/C24H28N2O5/c27-23(17-9-11-18(12-10-17)31-16-20-6-4-14-30-20)26-22-8-2-1-7-21(22)24(28)25-15-19-5-3-13-29-19/h1-2,7-12,19-20H,3-6,13-16H2,(H,25,28)(H,26,27). The molecule has 0 aliphatic carbocycles. The highest BCUT2D eigenvalue weighted by Gasteiger charge is 2.19. The van der Waals surface area contributed by atoms with Crippen LogP contribution in [0.25, 0.3) is 0 Å². The maximum absolute atomic E-state index is 12.7. The van der Waals surface area contributed by atoms with Crippen LogP contribution in [0.1, 0.15) is 46.4 Å². The van der Waals surface area contributed by atoms with Gasteiger partial charge in [-0.05, 0) is 62.1 Å². The van der Waals surface area contributed by atoms with E-state index >= 15 is 0 Å². The van der Waals surface area contributed by atoms with E-state index in [9.17, 15) is 9.59 Å². The first-order chi connectivity index (χ1) is 15.2. The van der Waals surface area contributed by atoms with Crippen LogP contribution in [0.4, 0.5) is 5.69 Å². The number of nitrogens with one attached hydrogen (secondary N) is 2. The number of benzene rings is 2. The molecule has 164 valence electrons. The Morgan fingerprint density at radius 2 is 1.61 bits per heavy atom. The number of carbonyl (C=O) groups excluding carboxylic acids is 2. The summed E-state index contributed by atoms with van der Waals surface area (Å²) in [5.41, 5.74) is 1.38. The Labute approximate surface area is 182 Å². The van der Waals surface area contributed by atoms with Crippen molar-refractivity contribution in [3.63, 3.8) is 0 Å². The summed E-state index contributed by atoms with van der Waals surface area (Å²) in [6.07, 6.45) is 4.26. The van der Waals surface area contributed by atoms with Crippen molar-refractivity contribution >= 4 is 17.5 Å². The fourth-order valence-corrected chi connectivity index (χ4v) is 3.76. The van der Waals surface area contributed by atoms with Crippen LogP contribution in [-0.4, -0.2) is 50.4 Å². The molecule has 2 N–H and O–H groups in total. The van der Waals surface area contributed by atoms with Gasteiger partial charge in [0.05, 0.1) is 23.5 Å². The highest BCUT2D eigenvalue weighted by molar-refractivity contribution is 6.09. The maximum atomic E-state index is 12.7. The van der Waals surface area contributed by atoms with Crippen molar-refractivity contribution in [3.05, 3.63) is 59.7 Å². The van der Waals surface area contributed by atoms with Crippen molar-refractivity contribution < 1.29 is 23.8 Å². The normalized spacial score (nSPS) is 20.4. The van der Waals surface area contributed by atoms with E-state index in [1.165, 1.54) is 0 Å². The Morgan fingerprint density at radius 1 is 0.903 bits per heavy atom. The van der Waals surface area contributed by atoms with Gasteiger partial charge in [0, 0.05) is 25.3 Å². The van der Waals surface area contributed by atoms with Crippen molar-refractivity contribution in [1.29, 1.82) is 0 Å². The molecule has 7 nitrogen and oxygen atoms in total. The van der Waals surface area contributed by atoms with Crippen molar-refractivity contribution in [2.45, 2.75) is 37.9 Å². The van der Waals surface area contributed by atoms with Crippen molar-refractivity contribution in [2.24, 2.45) is 0 Å². The van der Waals surface area contributed by atoms with Gasteiger partial charge in [0.15, 0.2) is 0 Å². The van der Waals surface area contributed by atoms with Gasteiger partial charge >= 0.3 is 0 Å². The molecule has 0 aromatic heterocycles. The zero-order valence-corrected chi connectivity index (χ0v) is 17.5. The van der Waals surface area contributed by atoms with Gasteiger partial charge in [-0.3, -0.25) is 9.59 Å². The maximum Gasteiger partial charge on any atom is 0.255 e. The van der Waals surface area contributed by atoms with Gasteiger partial charge in [0.1, 0.15) is 12.4 Å². The van der Waals surface area contributed by atoms with Crippen LogP contribution >= 0.6 is 0 Å². The first-order valence-corrected chi connectivity index (χ1v) is 10.8. The van der Waals surface area contributed by atoms with Gasteiger partial charge < -0.3 is 24.8 Å². The molecular weight excluding hydrogens is 396 g/mol. The molecule has 7 heteroatoms. The minimum Gasteiger partial charge on any atom is -0.491 e. The van der Waals surface area contributed by atoms with Gasteiger partial charge in [-0.1, -0.05) is 12.1 Å². The highest BCUT2D eigenvalue weighted by Crippen LogP contribution is 2.19. The molecule has 2 aromatic rings. The molecule has 2 aliphatic rings. The number of amides is 2. The molecule has 4 rings (SSSR count). The summed E-state index contributed by atoms with van der Waals surface area (Å²) in [5.74, 6) is 0.176. The van der Waals surface area contributed by atoms with E-state index in [-0.39, 0.29) is 24.0 Å². The van der Waals surface area contributed by atoms with Crippen molar-refractivity contribution in [3.8, 4) is 5.75 Å². The third-order valence-corrected chi connectivity index (χ3v) is 5.51. The highest BCUT2D eigenvalue weighted by atomic mass is 16.5. The lowest BCUT2D eigenvalue weighted by Gasteiger charge is -2.14. The molecular formula is C24H28N2O5. The Hall–Kier alpha value is -2.90. The number of rotatable bonds is 8. The summed E-state index contributed by atoms with van der Waals surface area (Å²) >= 11 is 0. The smallest absolute Gasteiger partial charge is 0.255 e. The second kappa shape index (κ2) is 10.4. The van der Waals surface area contributed by atoms with E-state index < -0.39 is 0 Å². The van der Waals surface area contributed by atoms with Crippen LogP contribution in [0.5, 0.6) is 5.75 Å². The van der Waals surface area contributed by atoms with Crippen molar-refractivity contribution in [2.75, 3.05) is 31.7 Å². The molecule has 2 heterocycles. The van der Waals surface area contributed by atoms with Gasteiger partial charge in [-0.25, -0.2) is 0 Å². The van der Waals surface area contributed by atoms with Crippen LogP contribution in [-0.2, 0) is 9.47 Å². The van der Waals surface area contributed by atoms with Gasteiger partial charge in [-0.2, -0.15) is 0 Å². The zero-order valence-electron chi connectivity index (χ0n) is 17.5. The van der Waals surface area contributed by atoms with Crippen LogP contribution < -0.4 is 15.4 Å². The zero-order chi connectivity index (χ0) is 21.5. The second-order valence-corrected chi connectivity index (χ2v) is 7.82. The number of ether oxygens (including phenoxy) is 3. The van der Waals surface area contributed by atoms with E-state index in [1.54, 1.807) is 48.5 Å². The second-order valence-electron chi connectivity index (χ2n) is 7.82. The summed E-state index contributed by atoms with van der Waals surface area (Å²) in [7, 11) is 0. The van der Waals surface area contributed by atoms with Gasteiger partial charge in [-0.15, -0.1) is 0 Å². The largest absolute Gasteiger partial charge is 0.491 e. The molecule has 2 aromatic carbocycles. The Balaban J connectivity index is 1.33. The molecule has 0 spiro atoms. The molecule has 2 aliphatic heterocycles. The molecule has 2 saturated heterocycles. The summed E-state index contributed by atoms with van der Waals surface area (Å²) in [6.45, 7) is 2.51. The van der Waals surface area contributed by atoms with E-state index in [0.29, 0.717) is 35.7 Å². The molecule has 0 radical (unpaired) electrons. The number of anilines is 1. The fraction of sp³-hybridized carbons (Fsp3) is 0.417. The topological polar surface area (TPSA) is 85.9 Å². The van der Waals surface area contributed by atoms with E-state index in [1.807, 2.05) is 0 Å². The lowest BCUT2D eigenvalue weighted by atomic mass is 10.1. The van der Waals surface area contributed by atoms with E-state index in [4.69, 9.17) is 14.2 Å². The van der Waals surface area contributed by atoms with Gasteiger partial charge in [0.25, 0.3) is 11.8 Å². The number of carbonyl (C=O) groups is 2. The third-order valence-electron chi connectivity index (χ3n) is 5.51. The average Bonchev–Trinajstić information content (AvgIpc) is 3.51. The summed E-state index contributed by atoms with van der Waals surface area (Å²) < 4.78 is 16.8. The number of hydrogen-bond acceptors (Lipinski definition) is 5. The van der Waals surface area contributed by atoms with Crippen molar-refractivity contribution in [1.82, 2.24) is 5.32 Å². The Morgan fingerprint density at radius 3 is 2.32 bits per heavy atom. The third kappa shape index (κ3) is 5.83.